The number of thiophene rings is 1. The molecule has 4 rings (SSSR count). The van der Waals surface area contributed by atoms with E-state index in [1.54, 1.807) is 11.3 Å². The Balaban J connectivity index is 1.53. The number of rotatable bonds is 5. The number of ether oxygens (including phenoxy) is 1. The predicted molar refractivity (Wildman–Crippen MR) is 118 cm³/mol. The molecule has 5 nitrogen and oxygen atoms in total. The van der Waals surface area contributed by atoms with E-state index in [2.05, 4.69) is 42.1 Å². The van der Waals surface area contributed by atoms with E-state index in [-0.39, 0.29) is 12.5 Å². The standard InChI is InChI=1S/C23H27N3O2S/c1-13(2)16-7-5-6-15(4)21(16)26-19(27)11-28-22-20-17-9-8-14(3)10-18(17)29-23(20)25-12-24-22/h5-7,12-14H,8-11H2,1-4H3,(H,26,27). The number of nitrogens with one attached hydrogen (secondary N) is 1. The smallest absolute Gasteiger partial charge is 0.262 e. The lowest BCUT2D eigenvalue weighted by Crippen LogP contribution is -2.22. The van der Waals surface area contributed by atoms with Crippen LogP contribution in [0.3, 0.4) is 0 Å². The molecular formula is C23H27N3O2S. The summed E-state index contributed by atoms with van der Waals surface area (Å²) in [4.78, 5) is 23.8. The SMILES string of the molecule is Cc1cccc(C(C)C)c1NC(=O)COc1ncnc2sc3c(c12)CCC(C)C3. The molecule has 1 aliphatic rings. The third-order valence-corrected chi connectivity index (χ3v) is 6.75. The van der Waals surface area contributed by atoms with Gasteiger partial charge in [-0.3, -0.25) is 4.79 Å². The Morgan fingerprint density at radius 3 is 2.97 bits per heavy atom. The number of anilines is 1. The summed E-state index contributed by atoms with van der Waals surface area (Å²) in [5.41, 5.74) is 4.37. The molecule has 1 unspecified atom stereocenters. The quantitative estimate of drug-likeness (QED) is 0.624. The molecule has 152 valence electrons. The van der Waals surface area contributed by atoms with Gasteiger partial charge >= 0.3 is 0 Å². The van der Waals surface area contributed by atoms with Gasteiger partial charge in [-0.15, -0.1) is 11.3 Å². The van der Waals surface area contributed by atoms with Gasteiger partial charge < -0.3 is 10.1 Å². The zero-order chi connectivity index (χ0) is 20.5. The molecule has 2 heterocycles. The van der Waals surface area contributed by atoms with Gasteiger partial charge in [-0.05, 0) is 54.7 Å². The van der Waals surface area contributed by atoms with Crippen LogP contribution in [-0.4, -0.2) is 22.5 Å². The number of hydrogen-bond donors (Lipinski definition) is 1. The molecule has 0 fully saturated rings. The van der Waals surface area contributed by atoms with Crippen LogP contribution in [0.4, 0.5) is 5.69 Å². The second kappa shape index (κ2) is 8.11. The van der Waals surface area contributed by atoms with Crippen molar-refractivity contribution in [2.75, 3.05) is 11.9 Å². The Morgan fingerprint density at radius 1 is 1.34 bits per heavy atom. The molecule has 0 bridgehead atoms. The third kappa shape index (κ3) is 3.99. The Bertz CT molecular complexity index is 1060. The fraction of sp³-hybridized carbons (Fsp3) is 0.435. The molecule has 1 aromatic carbocycles. The first-order chi connectivity index (χ1) is 13.9. The maximum absolute atomic E-state index is 12.6. The van der Waals surface area contributed by atoms with Crippen molar-refractivity contribution in [3.63, 3.8) is 0 Å². The van der Waals surface area contributed by atoms with Crippen molar-refractivity contribution in [3.05, 3.63) is 46.1 Å². The molecule has 29 heavy (non-hydrogen) atoms. The second-order valence-electron chi connectivity index (χ2n) is 8.24. The van der Waals surface area contributed by atoms with Crippen LogP contribution in [0.5, 0.6) is 5.88 Å². The van der Waals surface area contributed by atoms with E-state index < -0.39 is 0 Å². The second-order valence-corrected chi connectivity index (χ2v) is 9.33. The minimum Gasteiger partial charge on any atom is -0.467 e. The summed E-state index contributed by atoms with van der Waals surface area (Å²) in [5.74, 6) is 1.37. The maximum atomic E-state index is 12.6. The van der Waals surface area contributed by atoms with Gasteiger partial charge in [-0.2, -0.15) is 0 Å². The van der Waals surface area contributed by atoms with E-state index in [1.165, 1.54) is 23.2 Å². The summed E-state index contributed by atoms with van der Waals surface area (Å²) in [7, 11) is 0. The molecule has 3 aromatic rings. The summed E-state index contributed by atoms with van der Waals surface area (Å²) in [6, 6.07) is 6.09. The van der Waals surface area contributed by atoms with Gasteiger partial charge in [0.15, 0.2) is 6.61 Å². The highest BCUT2D eigenvalue weighted by molar-refractivity contribution is 7.18. The minimum absolute atomic E-state index is 0.0704. The molecule has 0 saturated heterocycles. The molecule has 0 radical (unpaired) electrons. The van der Waals surface area contributed by atoms with E-state index >= 15 is 0 Å². The summed E-state index contributed by atoms with van der Waals surface area (Å²) in [6.07, 6.45) is 4.80. The Labute approximate surface area is 175 Å². The molecule has 6 heteroatoms. The molecule has 1 amide bonds. The zero-order valence-corrected chi connectivity index (χ0v) is 18.2. The van der Waals surface area contributed by atoms with E-state index in [4.69, 9.17) is 4.74 Å². The van der Waals surface area contributed by atoms with E-state index in [1.807, 2.05) is 19.1 Å². The highest BCUT2D eigenvalue weighted by Gasteiger charge is 2.24. The summed E-state index contributed by atoms with van der Waals surface area (Å²) >= 11 is 1.73. The van der Waals surface area contributed by atoms with Crippen LogP contribution in [0.2, 0.25) is 0 Å². The number of carbonyl (C=O) groups excluding carboxylic acids is 1. The Morgan fingerprint density at radius 2 is 2.17 bits per heavy atom. The maximum Gasteiger partial charge on any atom is 0.262 e. The van der Waals surface area contributed by atoms with Gasteiger partial charge in [0.05, 0.1) is 5.39 Å². The number of aromatic nitrogens is 2. The summed E-state index contributed by atoms with van der Waals surface area (Å²) < 4.78 is 5.89. The predicted octanol–water partition coefficient (Wildman–Crippen LogP) is 5.27. The van der Waals surface area contributed by atoms with Crippen molar-refractivity contribution in [1.29, 1.82) is 0 Å². The fourth-order valence-corrected chi connectivity index (χ4v) is 5.35. The molecule has 0 aliphatic heterocycles. The molecule has 1 N–H and O–H groups in total. The van der Waals surface area contributed by atoms with Crippen LogP contribution in [-0.2, 0) is 17.6 Å². The first-order valence-electron chi connectivity index (χ1n) is 10.2. The number of para-hydroxylation sites is 1. The Hall–Kier alpha value is -2.47. The number of aryl methyl sites for hydroxylation is 2. The highest BCUT2D eigenvalue weighted by Crippen LogP contribution is 2.40. The van der Waals surface area contributed by atoms with Crippen molar-refractivity contribution in [1.82, 2.24) is 9.97 Å². The van der Waals surface area contributed by atoms with Crippen molar-refractivity contribution in [2.24, 2.45) is 5.92 Å². The lowest BCUT2D eigenvalue weighted by molar-refractivity contribution is -0.118. The molecule has 1 atom stereocenters. The first-order valence-corrected chi connectivity index (χ1v) is 11.0. The normalized spacial score (nSPS) is 16.1. The number of fused-ring (bicyclic) bond motifs is 3. The zero-order valence-electron chi connectivity index (χ0n) is 17.4. The summed E-state index contributed by atoms with van der Waals surface area (Å²) in [6.45, 7) is 8.48. The van der Waals surface area contributed by atoms with Crippen LogP contribution in [0.15, 0.2) is 24.5 Å². The number of amides is 1. The molecule has 0 saturated carbocycles. The van der Waals surface area contributed by atoms with Gasteiger partial charge in [-0.1, -0.05) is 39.0 Å². The number of benzene rings is 1. The van der Waals surface area contributed by atoms with Crippen molar-refractivity contribution >= 4 is 33.1 Å². The van der Waals surface area contributed by atoms with Crippen LogP contribution >= 0.6 is 11.3 Å². The highest BCUT2D eigenvalue weighted by atomic mass is 32.1. The molecular weight excluding hydrogens is 382 g/mol. The van der Waals surface area contributed by atoms with Gasteiger partial charge in [-0.25, -0.2) is 9.97 Å². The first kappa shape index (κ1) is 19.8. The molecule has 2 aromatic heterocycles. The van der Waals surface area contributed by atoms with Gasteiger partial charge in [0.25, 0.3) is 5.91 Å². The summed E-state index contributed by atoms with van der Waals surface area (Å²) in [5, 5.41) is 4.03. The fourth-order valence-electron chi connectivity index (χ4n) is 4.01. The average Bonchev–Trinajstić information content (AvgIpc) is 3.05. The number of nitrogens with zero attached hydrogens (tertiary/aromatic N) is 2. The van der Waals surface area contributed by atoms with Gasteiger partial charge in [0.2, 0.25) is 5.88 Å². The number of hydrogen-bond acceptors (Lipinski definition) is 5. The number of carbonyl (C=O) groups is 1. The molecule has 1 aliphatic carbocycles. The average molecular weight is 410 g/mol. The minimum atomic E-state index is -0.175. The van der Waals surface area contributed by atoms with Crippen molar-refractivity contribution < 1.29 is 9.53 Å². The topological polar surface area (TPSA) is 64.1 Å². The monoisotopic (exact) mass is 409 g/mol. The third-order valence-electron chi connectivity index (χ3n) is 5.59. The Kier molecular flexibility index (Phi) is 5.54. The van der Waals surface area contributed by atoms with Gasteiger partial charge in [0.1, 0.15) is 11.2 Å². The van der Waals surface area contributed by atoms with Crippen LogP contribution in [0, 0.1) is 12.8 Å². The van der Waals surface area contributed by atoms with E-state index in [9.17, 15) is 4.79 Å². The van der Waals surface area contributed by atoms with E-state index in [0.717, 1.165) is 39.9 Å². The van der Waals surface area contributed by atoms with Crippen LogP contribution < -0.4 is 10.1 Å². The van der Waals surface area contributed by atoms with E-state index in [0.29, 0.717) is 17.7 Å². The van der Waals surface area contributed by atoms with Crippen molar-refractivity contribution in [2.45, 2.75) is 52.9 Å². The van der Waals surface area contributed by atoms with Crippen molar-refractivity contribution in [3.8, 4) is 5.88 Å². The lowest BCUT2D eigenvalue weighted by atomic mass is 9.89. The van der Waals surface area contributed by atoms with Crippen LogP contribution in [0.25, 0.3) is 10.2 Å². The van der Waals surface area contributed by atoms with Crippen LogP contribution in [0.1, 0.15) is 54.7 Å². The molecule has 0 spiro atoms. The van der Waals surface area contributed by atoms with Gasteiger partial charge in [0, 0.05) is 10.6 Å². The largest absolute Gasteiger partial charge is 0.467 e. The lowest BCUT2D eigenvalue weighted by Gasteiger charge is -2.18.